The van der Waals surface area contributed by atoms with Gasteiger partial charge in [0.25, 0.3) is 0 Å². The third kappa shape index (κ3) is 3.47. The lowest BCUT2D eigenvalue weighted by Gasteiger charge is -2.15. The molecule has 0 atom stereocenters. The summed E-state index contributed by atoms with van der Waals surface area (Å²) in [5.74, 6) is 0.229. The van der Waals surface area contributed by atoms with E-state index in [9.17, 15) is 4.79 Å². The molecule has 1 aliphatic rings. The van der Waals surface area contributed by atoms with Crippen molar-refractivity contribution < 1.29 is 9.53 Å². The van der Waals surface area contributed by atoms with Crippen LogP contribution < -0.4 is 5.73 Å². The second-order valence-corrected chi connectivity index (χ2v) is 4.43. The maximum Gasteiger partial charge on any atom is 0.338 e. The van der Waals surface area contributed by atoms with E-state index in [0.717, 1.165) is 31.6 Å². The lowest BCUT2D eigenvalue weighted by atomic mass is 10.2. The highest BCUT2D eigenvalue weighted by Crippen LogP contribution is 2.15. The van der Waals surface area contributed by atoms with Crippen LogP contribution in [0.3, 0.4) is 0 Å². The minimum absolute atomic E-state index is 0.314. The highest BCUT2D eigenvalue weighted by atomic mass is 16.5. The summed E-state index contributed by atoms with van der Waals surface area (Å²) in [4.78, 5) is 17.9. The van der Waals surface area contributed by atoms with Crippen molar-refractivity contribution in [3.05, 3.63) is 29.8 Å². The summed E-state index contributed by atoms with van der Waals surface area (Å²) >= 11 is 0. The average Bonchev–Trinajstić information content (AvgIpc) is 2.94. The fraction of sp³-hybridized carbons (Fsp3) is 0.429. The van der Waals surface area contributed by atoms with Crippen LogP contribution >= 0.6 is 0 Å². The minimum Gasteiger partial charge on any atom is -0.462 e. The molecular weight excluding hydrogens is 242 g/mol. The Morgan fingerprint density at radius 2 is 1.95 bits per heavy atom. The molecule has 0 bridgehead atoms. The van der Waals surface area contributed by atoms with Gasteiger partial charge in [0.2, 0.25) is 0 Å². The molecule has 0 amide bonds. The van der Waals surface area contributed by atoms with E-state index in [-0.39, 0.29) is 5.97 Å². The quantitative estimate of drug-likeness (QED) is 0.512. The van der Waals surface area contributed by atoms with Crippen molar-refractivity contribution in [3.63, 3.8) is 0 Å². The Morgan fingerprint density at radius 3 is 2.53 bits per heavy atom. The third-order valence-electron chi connectivity index (χ3n) is 3.05. The fourth-order valence-electron chi connectivity index (χ4n) is 2.04. The molecule has 1 heterocycles. The zero-order chi connectivity index (χ0) is 13.7. The molecule has 0 radical (unpaired) electrons. The number of carbonyl (C=O) groups is 1. The van der Waals surface area contributed by atoms with Crippen LogP contribution in [0, 0.1) is 0 Å². The highest BCUT2D eigenvalue weighted by molar-refractivity contribution is 5.90. The SMILES string of the molecule is CCOC(=O)c1ccc(N=C(N)N2CCCC2)cc1. The number of hydrogen-bond donors (Lipinski definition) is 1. The van der Waals surface area contributed by atoms with Gasteiger partial charge in [0.15, 0.2) is 5.96 Å². The number of ether oxygens (including phenoxy) is 1. The smallest absolute Gasteiger partial charge is 0.338 e. The van der Waals surface area contributed by atoms with Crippen molar-refractivity contribution in [2.45, 2.75) is 19.8 Å². The lowest BCUT2D eigenvalue weighted by Crippen LogP contribution is -2.34. The van der Waals surface area contributed by atoms with Crippen molar-refractivity contribution in [2.24, 2.45) is 10.7 Å². The molecule has 0 spiro atoms. The Kier molecular flexibility index (Phi) is 4.39. The standard InChI is InChI=1S/C14H19N3O2/c1-2-19-13(18)11-5-7-12(8-6-11)16-14(15)17-9-3-4-10-17/h5-8H,2-4,9-10H2,1H3,(H2,15,16). The normalized spacial score (nSPS) is 15.6. The first-order valence-electron chi connectivity index (χ1n) is 6.57. The zero-order valence-corrected chi connectivity index (χ0v) is 11.1. The molecule has 19 heavy (non-hydrogen) atoms. The molecule has 2 rings (SSSR count). The fourth-order valence-corrected chi connectivity index (χ4v) is 2.04. The Labute approximate surface area is 113 Å². The van der Waals surface area contributed by atoms with E-state index in [1.165, 1.54) is 0 Å². The molecule has 0 unspecified atom stereocenters. The number of hydrogen-bond acceptors (Lipinski definition) is 3. The van der Waals surface area contributed by atoms with Gasteiger partial charge in [-0.1, -0.05) is 0 Å². The van der Waals surface area contributed by atoms with E-state index in [2.05, 4.69) is 9.89 Å². The van der Waals surface area contributed by atoms with E-state index >= 15 is 0 Å². The van der Waals surface area contributed by atoms with Crippen molar-refractivity contribution in [3.8, 4) is 0 Å². The Bertz CT molecular complexity index is 462. The van der Waals surface area contributed by atoms with E-state index < -0.39 is 0 Å². The van der Waals surface area contributed by atoms with Gasteiger partial charge in [-0.15, -0.1) is 0 Å². The molecule has 102 valence electrons. The molecule has 5 nitrogen and oxygen atoms in total. The van der Waals surface area contributed by atoms with Crippen LogP contribution in [-0.2, 0) is 4.74 Å². The van der Waals surface area contributed by atoms with E-state index in [0.29, 0.717) is 18.1 Å². The molecule has 1 aromatic carbocycles. The number of guanidine groups is 1. The Morgan fingerprint density at radius 1 is 1.32 bits per heavy atom. The summed E-state index contributed by atoms with van der Waals surface area (Å²) in [6, 6.07) is 6.95. The number of aliphatic imine (C=N–C) groups is 1. The first-order chi connectivity index (χ1) is 9.20. The van der Waals surface area contributed by atoms with Crippen LogP contribution in [-0.4, -0.2) is 36.5 Å². The predicted octanol–water partition coefficient (Wildman–Crippen LogP) is 1.91. The zero-order valence-electron chi connectivity index (χ0n) is 11.1. The van der Waals surface area contributed by atoms with Gasteiger partial charge in [0, 0.05) is 13.1 Å². The van der Waals surface area contributed by atoms with E-state index in [1.54, 1.807) is 31.2 Å². The maximum absolute atomic E-state index is 11.5. The molecule has 0 saturated carbocycles. The molecule has 1 fully saturated rings. The molecular formula is C14H19N3O2. The lowest BCUT2D eigenvalue weighted by molar-refractivity contribution is 0.0526. The first kappa shape index (κ1) is 13.4. The van der Waals surface area contributed by atoms with Crippen molar-refractivity contribution >= 4 is 17.6 Å². The van der Waals surface area contributed by atoms with Gasteiger partial charge < -0.3 is 15.4 Å². The summed E-state index contributed by atoms with van der Waals surface area (Å²) in [6.45, 7) is 4.10. The second kappa shape index (κ2) is 6.22. The summed E-state index contributed by atoms with van der Waals surface area (Å²) in [5.41, 5.74) is 7.22. The number of benzene rings is 1. The van der Waals surface area contributed by atoms with Crippen LogP contribution in [0.2, 0.25) is 0 Å². The third-order valence-corrected chi connectivity index (χ3v) is 3.05. The van der Waals surface area contributed by atoms with E-state index in [1.807, 2.05) is 0 Å². The minimum atomic E-state index is -0.314. The van der Waals surface area contributed by atoms with Crippen molar-refractivity contribution in [1.29, 1.82) is 0 Å². The van der Waals surface area contributed by atoms with Crippen molar-refractivity contribution in [2.75, 3.05) is 19.7 Å². The Hall–Kier alpha value is -2.04. The summed E-state index contributed by atoms with van der Waals surface area (Å²) < 4.78 is 4.92. The summed E-state index contributed by atoms with van der Waals surface area (Å²) in [5, 5.41) is 0. The van der Waals surface area contributed by atoms with Gasteiger partial charge in [-0.2, -0.15) is 0 Å². The van der Waals surface area contributed by atoms with E-state index in [4.69, 9.17) is 10.5 Å². The van der Waals surface area contributed by atoms with Gasteiger partial charge in [-0.05, 0) is 44.0 Å². The molecule has 5 heteroatoms. The molecule has 1 aliphatic heterocycles. The van der Waals surface area contributed by atoms with Gasteiger partial charge in [-0.25, -0.2) is 9.79 Å². The first-order valence-corrected chi connectivity index (χ1v) is 6.57. The van der Waals surface area contributed by atoms with Gasteiger partial charge in [0.05, 0.1) is 17.9 Å². The van der Waals surface area contributed by atoms with Gasteiger partial charge in [-0.3, -0.25) is 0 Å². The number of carbonyl (C=O) groups excluding carboxylic acids is 1. The number of nitrogens with zero attached hydrogens (tertiary/aromatic N) is 2. The largest absolute Gasteiger partial charge is 0.462 e. The van der Waals surface area contributed by atoms with Crippen LogP contribution in [0.15, 0.2) is 29.3 Å². The summed E-state index contributed by atoms with van der Waals surface area (Å²) in [6.07, 6.45) is 2.33. The number of nitrogens with two attached hydrogens (primary N) is 1. The van der Waals surface area contributed by atoms with Gasteiger partial charge in [0.1, 0.15) is 0 Å². The summed E-state index contributed by atoms with van der Waals surface area (Å²) in [7, 11) is 0. The number of esters is 1. The van der Waals surface area contributed by atoms with Crippen LogP contribution in [0.1, 0.15) is 30.1 Å². The topological polar surface area (TPSA) is 67.9 Å². The Balaban J connectivity index is 2.05. The van der Waals surface area contributed by atoms with Gasteiger partial charge >= 0.3 is 5.97 Å². The molecule has 1 aromatic rings. The van der Waals surface area contributed by atoms with Crippen LogP contribution in [0.5, 0.6) is 0 Å². The highest BCUT2D eigenvalue weighted by Gasteiger charge is 2.13. The number of rotatable bonds is 3. The van der Waals surface area contributed by atoms with Crippen LogP contribution in [0.4, 0.5) is 5.69 Å². The molecule has 0 aliphatic carbocycles. The molecule has 1 saturated heterocycles. The second-order valence-electron chi connectivity index (χ2n) is 4.43. The monoisotopic (exact) mass is 261 g/mol. The maximum atomic E-state index is 11.5. The molecule has 0 aromatic heterocycles. The van der Waals surface area contributed by atoms with Crippen LogP contribution in [0.25, 0.3) is 0 Å². The number of likely N-dealkylation sites (tertiary alicyclic amines) is 1. The average molecular weight is 261 g/mol. The molecule has 2 N–H and O–H groups in total. The van der Waals surface area contributed by atoms with Crippen molar-refractivity contribution in [1.82, 2.24) is 4.90 Å². The predicted molar refractivity (Wildman–Crippen MR) is 74.5 cm³/mol.